The summed E-state index contributed by atoms with van der Waals surface area (Å²) in [6.07, 6.45) is 6.30. The van der Waals surface area contributed by atoms with E-state index in [-0.39, 0.29) is 34.7 Å². The summed E-state index contributed by atoms with van der Waals surface area (Å²) in [6.45, 7) is 6.02. The van der Waals surface area contributed by atoms with Gasteiger partial charge in [-0.25, -0.2) is 4.98 Å². The number of carbonyl (C=O) groups excluding carboxylic acids is 1. The van der Waals surface area contributed by atoms with Crippen LogP contribution in [0.25, 0.3) is 11.1 Å². The number of furan rings is 2. The molecule has 1 atom stereocenters. The van der Waals surface area contributed by atoms with Crippen molar-refractivity contribution in [1.82, 2.24) is 19.8 Å². The number of amides is 1. The lowest BCUT2D eigenvalue weighted by molar-refractivity contribution is 0.0946. The summed E-state index contributed by atoms with van der Waals surface area (Å²) in [4.78, 5) is 31.8. The molecule has 1 aliphatic heterocycles. The average Bonchev–Trinajstić information content (AvgIpc) is 3.33. The maximum absolute atomic E-state index is 12.8. The molecule has 4 rings (SSSR count). The molecule has 0 bridgehead atoms. The highest BCUT2D eigenvalue weighted by Crippen LogP contribution is 2.23. The molecular weight excluding hydrogens is 384 g/mol. The molecular formula is C22H28N4O4. The molecule has 0 spiro atoms. The number of hydrogen-bond acceptors (Lipinski definition) is 6. The molecule has 0 saturated carbocycles. The van der Waals surface area contributed by atoms with E-state index in [1.807, 2.05) is 12.1 Å². The number of likely N-dealkylation sites (tertiary alicyclic amines) is 1. The molecule has 4 heterocycles. The van der Waals surface area contributed by atoms with Gasteiger partial charge in [-0.1, -0.05) is 13.3 Å². The van der Waals surface area contributed by atoms with Crippen molar-refractivity contribution in [2.75, 3.05) is 6.54 Å². The SMILES string of the molecule is CC[C@H]1CCCCN1Cc1ccc(CNC(=O)c2c(C)oc3ncn(C)c(=O)c23)o1. The first-order valence-corrected chi connectivity index (χ1v) is 10.5. The number of aromatic nitrogens is 2. The third kappa shape index (κ3) is 3.92. The maximum Gasteiger partial charge on any atom is 0.265 e. The normalized spacial score (nSPS) is 17.5. The van der Waals surface area contributed by atoms with Gasteiger partial charge in [0, 0.05) is 13.1 Å². The molecule has 30 heavy (non-hydrogen) atoms. The molecule has 0 aliphatic carbocycles. The molecule has 8 nitrogen and oxygen atoms in total. The van der Waals surface area contributed by atoms with Gasteiger partial charge in [-0.05, 0) is 44.9 Å². The van der Waals surface area contributed by atoms with Gasteiger partial charge in [0.25, 0.3) is 11.5 Å². The van der Waals surface area contributed by atoms with E-state index in [0.717, 1.165) is 25.3 Å². The van der Waals surface area contributed by atoms with E-state index in [2.05, 4.69) is 22.1 Å². The number of rotatable bonds is 6. The van der Waals surface area contributed by atoms with E-state index in [1.165, 1.54) is 30.2 Å². The second-order valence-electron chi connectivity index (χ2n) is 7.95. The van der Waals surface area contributed by atoms with Gasteiger partial charge in [-0.2, -0.15) is 0 Å². The molecule has 160 valence electrons. The van der Waals surface area contributed by atoms with Crippen LogP contribution in [0, 0.1) is 6.92 Å². The van der Waals surface area contributed by atoms with E-state index in [9.17, 15) is 9.59 Å². The lowest BCUT2D eigenvalue weighted by atomic mass is 10.00. The van der Waals surface area contributed by atoms with Gasteiger partial charge in [0.1, 0.15) is 29.0 Å². The van der Waals surface area contributed by atoms with Crippen LogP contribution in [-0.2, 0) is 20.1 Å². The van der Waals surface area contributed by atoms with Crippen LogP contribution >= 0.6 is 0 Å². The van der Waals surface area contributed by atoms with E-state index in [0.29, 0.717) is 17.6 Å². The van der Waals surface area contributed by atoms with Crippen molar-refractivity contribution in [3.63, 3.8) is 0 Å². The predicted octanol–water partition coefficient (Wildman–Crippen LogP) is 3.12. The second kappa shape index (κ2) is 8.47. The van der Waals surface area contributed by atoms with Crippen molar-refractivity contribution in [2.24, 2.45) is 7.05 Å². The van der Waals surface area contributed by atoms with Gasteiger partial charge in [-0.3, -0.25) is 14.5 Å². The summed E-state index contributed by atoms with van der Waals surface area (Å²) in [7, 11) is 1.59. The third-order valence-corrected chi connectivity index (χ3v) is 5.89. The highest BCUT2D eigenvalue weighted by Gasteiger charge is 2.23. The number of nitrogens with zero attached hydrogens (tertiary/aromatic N) is 3. The molecule has 1 amide bonds. The Labute approximate surface area is 174 Å². The number of nitrogens with one attached hydrogen (secondary N) is 1. The highest BCUT2D eigenvalue weighted by atomic mass is 16.3. The lowest BCUT2D eigenvalue weighted by Crippen LogP contribution is -2.38. The van der Waals surface area contributed by atoms with Crippen LogP contribution in [0.2, 0.25) is 0 Å². The van der Waals surface area contributed by atoms with Crippen LogP contribution in [0.15, 0.2) is 32.1 Å². The number of hydrogen-bond donors (Lipinski definition) is 1. The van der Waals surface area contributed by atoms with Gasteiger partial charge in [-0.15, -0.1) is 0 Å². The van der Waals surface area contributed by atoms with E-state index in [1.54, 1.807) is 14.0 Å². The Morgan fingerprint density at radius 3 is 2.87 bits per heavy atom. The monoisotopic (exact) mass is 412 g/mol. The first-order valence-electron chi connectivity index (χ1n) is 10.5. The molecule has 1 fully saturated rings. The zero-order chi connectivity index (χ0) is 21.3. The van der Waals surface area contributed by atoms with Gasteiger partial charge >= 0.3 is 0 Å². The fourth-order valence-electron chi connectivity index (χ4n) is 4.25. The zero-order valence-corrected chi connectivity index (χ0v) is 17.7. The third-order valence-electron chi connectivity index (χ3n) is 5.89. The minimum atomic E-state index is -0.378. The quantitative estimate of drug-likeness (QED) is 0.669. The number of aryl methyl sites for hydroxylation is 2. The smallest absolute Gasteiger partial charge is 0.265 e. The molecule has 0 radical (unpaired) electrons. The predicted molar refractivity (Wildman–Crippen MR) is 112 cm³/mol. The van der Waals surface area contributed by atoms with Crippen molar-refractivity contribution >= 4 is 17.0 Å². The second-order valence-corrected chi connectivity index (χ2v) is 7.95. The minimum Gasteiger partial charge on any atom is -0.463 e. The van der Waals surface area contributed by atoms with Crippen LogP contribution in [-0.4, -0.2) is 32.9 Å². The lowest BCUT2D eigenvalue weighted by Gasteiger charge is -2.34. The van der Waals surface area contributed by atoms with Crippen LogP contribution in [0.3, 0.4) is 0 Å². The molecule has 3 aromatic rings. The topological polar surface area (TPSA) is 93.5 Å². The Kier molecular flexibility index (Phi) is 5.76. The van der Waals surface area contributed by atoms with Crippen molar-refractivity contribution in [3.05, 3.63) is 51.7 Å². The molecule has 1 aliphatic rings. The Bertz CT molecular complexity index is 1110. The molecule has 0 aromatic carbocycles. The molecule has 8 heteroatoms. The summed E-state index contributed by atoms with van der Waals surface area (Å²) in [6, 6.07) is 4.48. The largest absolute Gasteiger partial charge is 0.463 e. The summed E-state index contributed by atoms with van der Waals surface area (Å²) in [5.74, 6) is 1.58. The van der Waals surface area contributed by atoms with Crippen LogP contribution in [0.5, 0.6) is 0 Å². The van der Waals surface area contributed by atoms with E-state index in [4.69, 9.17) is 8.83 Å². The van der Waals surface area contributed by atoms with Gasteiger partial charge in [0.05, 0.1) is 18.7 Å². The summed E-state index contributed by atoms with van der Waals surface area (Å²) in [5.41, 5.74) is 0.0897. The summed E-state index contributed by atoms with van der Waals surface area (Å²) in [5, 5.41) is 3.04. The Morgan fingerprint density at radius 2 is 2.07 bits per heavy atom. The van der Waals surface area contributed by atoms with Crippen LogP contribution in [0.1, 0.15) is 60.2 Å². The molecule has 1 N–H and O–H groups in total. The number of fused-ring (bicyclic) bond motifs is 1. The van der Waals surface area contributed by atoms with Crippen molar-refractivity contribution in [2.45, 2.75) is 58.7 Å². The van der Waals surface area contributed by atoms with Crippen molar-refractivity contribution < 1.29 is 13.6 Å². The number of piperidine rings is 1. The van der Waals surface area contributed by atoms with Gasteiger partial charge < -0.3 is 18.7 Å². The fraction of sp³-hybridized carbons (Fsp3) is 0.500. The van der Waals surface area contributed by atoms with Crippen molar-refractivity contribution in [3.8, 4) is 0 Å². The average molecular weight is 412 g/mol. The number of carbonyl (C=O) groups is 1. The first kappa shape index (κ1) is 20.4. The summed E-state index contributed by atoms with van der Waals surface area (Å²) >= 11 is 0. The Hall–Kier alpha value is -2.87. The fourth-order valence-corrected chi connectivity index (χ4v) is 4.25. The highest BCUT2D eigenvalue weighted by molar-refractivity contribution is 6.06. The molecule has 0 unspecified atom stereocenters. The van der Waals surface area contributed by atoms with Crippen molar-refractivity contribution in [1.29, 1.82) is 0 Å². The van der Waals surface area contributed by atoms with Crippen LogP contribution in [0.4, 0.5) is 0 Å². The minimum absolute atomic E-state index is 0.174. The van der Waals surface area contributed by atoms with Gasteiger partial charge in [0.2, 0.25) is 5.71 Å². The summed E-state index contributed by atoms with van der Waals surface area (Å²) < 4.78 is 12.8. The maximum atomic E-state index is 12.8. The molecule has 3 aromatic heterocycles. The standard InChI is InChI=1S/C22H28N4O4/c1-4-15-7-5-6-10-26(15)12-17-9-8-16(30-17)11-23-20(27)18-14(2)29-21-19(18)22(28)25(3)13-24-21/h8-9,13,15H,4-7,10-12H2,1-3H3,(H,23,27)/t15-/m0/s1. The Balaban J connectivity index is 1.44. The van der Waals surface area contributed by atoms with E-state index >= 15 is 0 Å². The zero-order valence-electron chi connectivity index (χ0n) is 17.7. The first-order chi connectivity index (χ1) is 14.5. The van der Waals surface area contributed by atoms with E-state index < -0.39 is 0 Å². The molecule has 1 saturated heterocycles. The van der Waals surface area contributed by atoms with Crippen LogP contribution < -0.4 is 10.9 Å². The Morgan fingerprint density at radius 1 is 1.27 bits per heavy atom. The van der Waals surface area contributed by atoms with Gasteiger partial charge in [0.15, 0.2) is 0 Å².